The van der Waals surface area contributed by atoms with E-state index in [1.54, 1.807) is 17.0 Å². The number of rotatable bonds is 4. The number of carbonyl (C=O) groups excluding carboxylic acids is 1. The van der Waals surface area contributed by atoms with Crippen LogP contribution in [0.5, 0.6) is 0 Å². The molecule has 3 heterocycles. The van der Waals surface area contributed by atoms with Gasteiger partial charge in [0.15, 0.2) is 4.90 Å². The Labute approximate surface area is 188 Å². The molecule has 32 heavy (non-hydrogen) atoms. The SMILES string of the molecule is Cc1[nH]c(=O)[nH]c(=O)c1S(=O)(=O)N1CCN(C(=O)C2CC(c3ccc(Cl)cc3)NN2)CC1. The quantitative estimate of drug-likeness (QED) is 0.457. The van der Waals surface area contributed by atoms with E-state index in [1.807, 2.05) is 17.1 Å². The first-order chi connectivity index (χ1) is 15.2. The number of halogens is 1. The van der Waals surface area contributed by atoms with Crippen molar-refractivity contribution in [3.63, 3.8) is 0 Å². The predicted molar refractivity (Wildman–Crippen MR) is 117 cm³/mol. The first kappa shape index (κ1) is 22.7. The Kier molecular flexibility index (Phi) is 6.23. The van der Waals surface area contributed by atoms with E-state index in [1.165, 1.54) is 6.92 Å². The molecule has 1 aromatic carbocycles. The second-order valence-corrected chi connectivity index (χ2v) is 10.1. The molecule has 1 aromatic heterocycles. The van der Waals surface area contributed by atoms with E-state index >= 15 is 0 Å². The van der Waals surface area contributed by atoms with Gasteiger partial charge in [-0.25, -0.2) is 24.1 Å². The van der Waals surface area contributed by atoms with Gasteiger partial charge in [0.25, 0.3) is 5.56 Å². The number of benzene rings is 1. The standard InChI is InChI=1S/C19H23ClN6O5S/c1-11-16(17(27)22-19(29)21-11)32(30,31)26-8-6-25(7-9-26)18(28)15-10-14(23-24-15)12-2-4-13(20)5-3-12/h2-5,14-15,23-24H,6-10H2,1H3,(H2,21,22,27,29). The van der Waals surface area contributed by atoms with Crippen LogP contribution in [0.4, 0.5) is 0 Å². The Bertz CT molecular complexity index is 1230. The second-order valence-electron chi connectivity index (χ2n) is 7.77. The molecule has 2 unspecified atom stereocenters. The number of aryl methyl sites for hydroxylation is 1. The molecule has 0 aliphatic carbocycles. The summed E-state index contributed by atoms with van der Waals surface area (Å²) in [6.07, 6.45) is 0.547. The molecule has 2 fully saturated rings. The normalized spacial score (nSPS) is 22.2. The van der Waals surface area contributed by atoms with Crippen molar-refractivity contribution in [1.29, 1.82) is 0 Å². The Morgan fingerprint density at radius 1 is 1.03 bits per heavy atom. The van der Waals surface area contributed by atoms with E-state index in [9.17, 15) is 22.8 Å². The third-order valence-electron chi connectivity index (χ3n) is 5.70. The lowest BCUT2D eigenvalue weighted by molar-refractivity contribution is -0.134. The fourth-order valence-corrected chi connectivity index (χ4v) is 5.78. The Morgan fingerprint density at radius 3 is 2.31 bits per heavy atom. The number of H-pyrrole nitrogens is 2. The average Bonchev–Trinajstić information content (AvgIpc) is 3.23. The van der Waals surface area contributed by atoms with Crippen LogP contribution in [0.1, 0.15) is 23.7 Å². The summed E-state index contributed by atoms with van der Waals surface area (Å²) < 4.78 is 27.0. The van der Waals surface area contributed by atoms with E-state index in [4.69, 9.17) is 11.6 Å². The third kappa shape index (κ3) is 4.36. The summed E-state index contributed by atoms with van der Waals surface area (Å²) in [6, 6.07) is 6.91. The summed E-state index contributed by atoms with van der Waals surface area (Å²) in [7, 11) is -4.11. The number of nitrogens with one attached hydrogen (secondary N) is 4. The number of carbonyl (C=O) groups is 1. The Balaban J connectivity index is 1.39. The van der Waals surface area contributed by atoms with Gasteiger partial charge in [-0.15, -0.1) is 0 Å². The molecule has 4 rings (SSSR count). The second kappa shape index (κ2) is 8.79. The number of aromatic amines is 2. The maximum atomic E-state index is 12.9. The third-order valence-corrected chi connectivity index (χ3v) is 8.00. The molecule has 13 heteroatoms. The van der Waals surface area contributed by atoms with Gasteiger partial charge in [0, 0.05) is 42.9 Å². The molecule has 1 amide bonds. The first-order valence-electron chi connectivity index (χ1n) is 10.1. The van der Waals surface area contributed by atoms with Crippen molar-refractivity contribution >= 4 is 27.5 Å². The zero-order valence-electron chi connectivity index (χ0n) is 17.2. The van der Waals surface area contributed by atoms with Gasteiger partial charge in [0.05, 0.1) is 0 Å². The van der Waals surface area contributed by atoms with Crippen molar-refractivity contribution in [3.05, 3.63) is 61.4 Å². The number of hydrogen-bond acceptors (Lipinski definition) is 7. The van der Waals surface area contributed by atoms with Crippen LogP contribution < -0.4 is 22.1 Å². The van der Waals surface area contributed by atoms with Crippen LogP contribution in [0.3, 0.4) is 0 Å². The molecule has 2 saturated heterocycles. The molecule has 0 spiro atoms. The number of piperazine rings is 1. The van der Waals surface area contributed by atoms with E-state index < -0.39 is 32.2 Å². The molecule has 0 radical (unpaired) electrons. The zero-order chi connectivity index (χ0) is 23.0. The Hall–Kier alpha value is -2.51. The lowest BCUT2D eigenvalue weighted by Crippen LogP contribution is -2.55. The summed E-state index contributed by atoms with van der Waals surface area (Å²) in [5.41, 5.74) is 5.40. The molecule has 11 nitrogen and oxygen atoms in total. The fraction of sp³-hybridized carbons (Fsp3) is 0.421. The van der Waals surface area contributed by atoms with Gasteiger partial charge in [-0.05, 0) is 31.0 Å². The highest BCUT2D eigenvalue weighted by Crippen LogP contribution is 2.25. The molecule has 172 valence electrons. The summed E-state index contributed by atoms with van der Waals surface area (Å²) in [5, 5.41) is 0.638. The van der Waals surface area contributed by atoms with Gasteiger partial charge >= 0.3 is 5.69 Å². The van der Waals surface area contributed by atoms with Crippen molar-refractivity contribution in [1.82, 2.24) is 30.0 Å². The van der Waals surface area contributed by atoms with Gasteiger partial charge in [0.1, 0.15) is 6.04 Å². The number of hydrogen-bond donors (Lipinski definition) is 4. The summed E-state index contributed by atoms with van der Waals surface area (Å²) >= 11 is 5.93. The van der Waals surface area contributed by atoms with Gasteiger partial charge in [-0.3, -0.25) is 14.6 Å². The first-order valence-corrected chi connectivity index (χ1v) is 11.9. The zero-order valence-corrected chi connectivity index (χ0v) is 18.8. The maximum Gasteiger partial charge on any atom is 0.325 e. The molecule has 0 bridgehead atoms. The summed E-state index contributed by atoms with van der Waals surface area (Å²) in [4.78, 5) is 41.8. The maximum absolute atomic E-state index is 12.9. The molecule has 2 aromatic rings. The largest absolute Gasteiger partial charge is 0.339 e. The highest BCUT2D eigenvalue weighted by atomic mass is 35.5. The minimum atomic E-state index is -4.11. The van der Waals surface area contributed by atoms with Crippen molar-refractivity contribution in [2.24, 2.45) is 0 Å². The van der Waals surface area contributed by atoms with Crippen LogP contribution in [0.15, 0.2) is 38.8 Å². The van der Waals surface area contributed by atoms with E-state index in [2.05, 4.69) is 15.8 Å². The number of amides is 1. The monoisotopic (exact) mass is 482 g/mol. The highest BCUT2D eigenvalue weighted by Gasteiger charge is 2.37. The van der Waals surface area contributed by atoms with Crippen LogP contribution in [-0.2, 0) is 14.8 Å². The van der Waals surface area contributed by atoms with Gasteiger partial charge < -0.3 is 9.88 Å². The number of sulfonamides is 1. The van der Waals surface area contributed by atoms with Gasteiger partial charge in [-0.2, -0.15) is 4.31 Å². The van der Waals surface area contributed by atoms with Crippen molar-refractivity contribution < 1.29 is 13.2 Å². The number of hydrazine groups is 1. The average molecular weight is 483 g/mol. The number of nitrogens with zero attached hydrogens (tertiary/aromatic N) is 2. The summed E-state index contributed by atoms with van der Waals surface area (Å²) in [5.74, 6) is -0.121. The van der Waals surface area contributed by atoms with Crippen LogP contribution >= 0.6 is 11.6 Å². The van der Waals surface area contributed by atoms with E-state index in [-0.39, 0.29) is 43.8 Å². The van der Waals surface area contributed by atoms with Crippen LogP contribution in [0.25, 0.3) is 0 Å². The smallest absolute Gasteiger partial charge is 0.325 e. The van der Waals surface area contributed by atoms with Crippen LogP contribution in [0, 0.1) is 6.92 Å². The minimum Gasteiger partial charge on any atom is -0.339 e. The molecule has 2 atom stereocenters. The summed E-state index contributed by atoms with van der Waals surface area (Å²) in [6.45, 7) is 1.85. The Morgan fingerprint density at radius 2 is 1.69 bits per heavy atom. The van der Waals surface area contributed by atoms with Crippen molar-refractivity contribution in [3.8, 4) is 0 Å². The molecule has 2 aliphatic heterocycles. The van der Waals surface area contributed by atoms with Crippen molar-refractivity contribution in [2.75, 3.05) is 26.2 Å². The molecule has 0 saturated carbocycles. The predicted octanol–water partition coefficient (Wildman–Crippen LogP) is -0.534. The fourth-order valence-electron chi connectivity index (χ4n) is 4.03. The van der Waals surface area contributed by atoms with Crippen LogP contribution in [-0.4, -0.2) is 65.7 Å². The number of aromatic nitrogens is 2. The lowest BCUT2D eigenvalue weighted by atomic mass is 10.0. The lowest BCUT2D eigenvalue weighted by Gasteiger charge is -2.35. The molecular formula is C19H23ClN6O5S. The van der Waals surface area contributed by atoms with E-state index in [0.29, 0.717) is 11.4 Å². The van der Waals surface area contributed by atoms with Crippen molar-refractivity contribution in [2.45, 2.75) is 30.3 Å². The van der Waals surface area contributed by atoms with Crippen LogP contribution in [0.2, 0.25) is 5.02 Å². The van der Waals surface area contributed by atoms with Gasteiger partial charge in [-0.1, -0.05) is 23.7 Å². The molecule has 2 aliphatic rings. The molecular weight excluding hydrogens is 460 g/mol. The molecule has 4 N–H and O–H groups in total. The highest BCUT2D eigenvalue weighted by molar-refractivity contribution is 7.89. The minimum absolute atomic E-state index is 0.0215. The van der Waals surface area contributed by atoms with Gasteiger partial charge in [0.2, 0.25) is 15.9 Å². The van der Waals surface area contributed by atoms with E-state index in [0.717, 1.165) is 9.87 Å². The topological polar surface area (TPSA) is 147 Å².